The molecule has 21 nitrogen and oxygen atoms in total. The number of amides is 5. The van der Waals surface area contributed by atoms with Crippen LogP contribution in [-0.4, -0.2) is 141 Å². The van der Waals surface area contributed by atoms with Crippen molar-refractivity contribution < 1.29 is 103 Å². The summed E-state index contributed by atoms with van der Waals surface area (Å²) in [7, 11) is 1.00. The SMILES string of the molecule is CC.CC(C)C(C)NC(=O)CCNC(=O)CN1C(=O)C=CC1=O.CO.Cc1c(F)cc2nc3c(c4c2c1CC[C@@H]4NC(=O)CCO)Cn1c-3cc2c(c1=O)COC(=O)C2O.OC1COCC(O)C1.[CH-]=O.[Na+]. The van der Waals surface area contributed by atoms with Crippen molar-refractivity contribution in [2.75, 3.05) is 40.0 Å². The van der Waals surface area contributed by atoms with Gasteiger partial charge in [0.1, 0.15) is 19.0 Å². The van der Waals surface area contributed by atoms with Crippen molar-refractivity contribution in [3.05, 3.63) is 73.8 Å². The number of aryl methyl sites for hydroxylation is 1. The zero-order valence-electron chi connectivity index (χ0n) is 41.4. The summed E-state index contributed by atoms with van der Waals surface area (Å²) in [6, 6.07) is 2.61. The quantitative estimate of drug-likeness (QED) is 0.0268. The normalized spacial score (nSPS) is 19.0. The first-order chi connectivity index (χ1) is 33.4. The zero-order valence-corrected chi connectivity index (χ0v) is 43.4. The number of benzene rings is 1. The maximum Gasteiger partial charge on any atom is 1.00 e. The molecule has 1 saturated heterocycles. The number of rotatable bonds is 10. The van der Waals surface area contributed by atoms with E-state index in [4.69, 9.17) is 34.6 Å². The van der Waals surface area contributed by atoms with Gasteiger partial charge in [0.2, 0.25) is 17.7 Å². The third kappa shape index (κ3) is 15.4. The van der Waals surface area contributed by atoms with E-state index in [-0.39, 0.29) is 110 Å². The molecule has 71 heavy (non-hydrogen) atoms. The van der Waals surface area contributed by atoms with Crippen molar-refractivity contribution in [3.63, 3.8) is 0 Å². The number of halogens is 1. The monoisotopic (exact) mass is 1010 g/mol. The third-order valence-corrected chi connectivity index (χ3v) is 11.8. The van der Waals surface area contributed by atoms with Crippen LogP contribution >= 0.6 is 0 Å². The molecule has 4 unspecified atom stereocenters. The number of esters is 1. The number of nitrogens with zero attached hydrogens (tertiary/aromatic N) is 3. The Bertz CT molecular complexity index is 2460. The molecule has 5 atom stereocenters. The van der Waals surface area contributed by atoms with Crippen molar-refractivity contribution in [2.45, 2.75) is 117 Å². The summed E-state index contributed by atoms with van der Waals surface area (Å²) in [6.07, 6.45) is 1.40. The van der Waals surface area contributed by atoms with Gasteiger partial charge in [-0.1, -0.05) is 27.7 Å². The Morgan fingerprint density at radius 3 is 2.10 bits per heavy atom. The average molecular weight is 1010 g/mol. The van der Waals surface area contributed by atoms with Crippen LogP contribution in [0.2, 0.25) is 0 Å². The van der Waals surface area contributed by atoms with Crippen LogP contribution in [0.4, 0.5) is 4.39 Å². The number of aliphatic hydroxyl groups excluding tert-OH is 5. The molecule has 5 amide bonds. The number of nitrogens with one attached hydrogen (secondary N) is 3. The number of pyridine rings is 2. The van der Waals surface area contributed by atoms with Crippen LogP contribution in [0.3, 0.4) is 0 Å². The molecule has 23 heteroatoms. The van der Waals surface area contributed by atoms with E-state index in [1.807, 2.05) is 34.6 Å². The Morgan fingerprint density at radius 2 is 1.54 bits per heavy atom. The van der Waals surface area contributed by atoms with Crippen LogP contribution in [-0.2, 0) is 62.6 Å². The minimum absolute atomic E-state index is 0. The second-order valence-corrected chi connectivity index (χ2v) is 16.6. The number of hydrogen-bond acceptors (Lipinski definition) is 16. The van der Waals surface area contributed by atoms with E-state index in [0.717, 1.165) is 46.2 Å². The Labute approximate surface area is 432 Å². The van der Waals surface area contributed by atoms with E-state index in [2.05, 4.69) is 22.7 Å². The first-order valence-electron chi connectivity index (χ1n) is 22.8. The van der Waals surface area contributed by atoms with Crippen molar-refractivity contribution in [1.29, 1.82) is 0 Å². The molecule has 5 aliphatic rings. The summed E-state index contributed by atoms with van der Waals surface area (Å²) in [5.41, 5.74) is 4.17. The van der Waals surface area contributed by atoms with Crippen molar-refractivity contribution in [3.8, 4) is 11.4 Å². The average Bonchev–Trinajstić information content (AvgIpc) is 3.87. The number of carbonyl (C=O) groups is 6. The van der Waals surface area contributed by atoms with Gasteiger partial charge in [0, 0.05) is 73.7 Å². The number of ether oxygens (including phenoxy) is 2. The first-order valence-corrected chi connectivity index (χ1v) is 22.8. The predicted octanol–water partition coefficient (Wildman–Crippen LogP) is -2.48. The van der Waals surface area contributed by atoms with Gasteiger partial charge in [-0.05, 0) is 55.4 Å². The maximum atomic E-state index is 14.8. The molecule has 3 aromatic rings. The molecule has 6 heterocycles. The zero-order chi connectivity index (χ0) is 52.6. The van der Waals surface area contributed by atoms with Gasteiger partial charge in [0.05, 0.1) is 67.1 Å². The standard InChI is InChI=1S/C25H22FN3O6.C14H21N3O4.C5H10O3.C2H6.CH4O.CHO.Na/c1-10-11-2-3-16(27-19(31)4-5-30)21-13-8-29-18(22(13)28-17(20(11)21)7-15(10)26)6-12-14(24(29)33)9-35-25(34)23(12)32;1-9(2)10(3)16-11(18)6-7-15-12(19)8-17-13(20)4-5-14(17)21;6-4-1-5(7)3-8-2-4;3*1-2;/h6-7,16,23,30,32H,2-5,8-9H2,1H3,(H,27,31);4-5,9-10H,6-8H2,1-3H3,(H,15,19)(H,16,18);4-7H,1-3H2;1-2H3;2H,1H3;1H;/q;;;;;-1;+1/t16-,23?;;;;;;/m0....../s1. The molecule has 8 rings (SSSR count). The largest absolute Gasteiger partial charge is 1.00 e. The van der Waals surface area contributed by atoms with E-state index in [9.17, 15) is 48.2 Å². The van der Waals surface area contributed by atoms with Crippen LogP contribution in [0, 0.1) is 18.7 Å². The van der Waals surface area contributed by atoms with Crippen molar-refractivity contribution >= 4 is 53.2 Å². The molecule has 1 aliphatic carbocycles. The smallest absolute Gasteiger partial charge is 0.545 e. The van der Waals surface area contributed by atoms with E-state index < -0.39 is 53.6 Å². The minimum atomic E-state index is -1.57. The van der Waals surface area contributed by atoms with Crippen molar-refractivity contribution in [1.82, 2.24) is 30.4 Å². The first kappa shape index (κ1) is 61.8. The van der Waals surface area contributed by atoms with E-state index in [1.165, 1.54) is 10.6 Å². The summed E-state index contributed by atoms with van der Waals surface area (Å²) in [4.78, 5) is 96.7. The second-order valence-electron chi connectivity index (χ2n) is 16.6. The minimum Gasteiger partial charge on any atom is -0.545 e. The third-order valence-electron chi connectivity index (χ3n) is 11.8. The number of hydrogen-bond donors (Lipinski definition) is 8. The molecular weight excluding hydrogens is 943 g/mol. The summed E-state index contributed by atoms with van der Waals surface area (Å²) in [6.45, 7) is 15.2. The van der Waals surface area contributed by atoms with Gasteiger partial charge in [-0.3, -0.25) is 40.5 Å². The van der Waals surface area contributed by atoms with Gasteiger partial charge in [-0.2, -0.15) is 0 Å². The van der Waals surface area contributed by atoms with Crippen LogP contribution in [0.25, 0.3) is 22.3 Å². The Kier molecular flexibility index (Phi) is 25.5. The number of aliphatic hydroxyl groups is 5. The summed E-state index contributed by atoms with van der Waals surface area (Å²) < 4.78 is 26.1. The van der Waals surface area contributed by atoms with Gasteiger partial charge in [-0.25, -0.2) is 14.2 Å². The topological polar surface area (TPSA) is 313 Å². The fourth-order valence-corrected chi connectivity index (χ4v) is 8.00. The Balaban J connectivity index is 0.000000408. The van der Waals surface area contributed by atoms with Crippen LogP contribution in [0.15, 0.2) is 29.1 Å². The molecule has 8 N–H and O–H groups in total. The van der Waals surface area contributed by atoms with Crippen LogP contribution in [0.1, 0.15) is 106 Å². The molecule has 1 fully saturated rings. The molecule has 1 aromatic carbocycles. The molecule has 0 saturated carbocycles. The van der Waals surface area contributed by atoms with Gasteiger partial charge in [0.25, 0.3) is 17.4 Å². The fraction of sp³-hybridized carbons (Fsp3) is 0.521. The Morgan fingerprint density at radius 1 is 0.915 bits per heavy atom. The fourth-order valence-electron chi connectivity index (χ4n) is 8.00. The maximum absolute atomic E-state index is 14.8. The van der Waals surface area contributed by atoms with Gasteiger partial charge < -0.3 is 60.3 Å². The number of aromatic nitrogens is 2. The van der Waals surface area contributed by atoms with Crippen LogP contribution in [0.5, 0.6) is 0 Å². The van der Waals surface area contributed by atoms with Crippen LogP contribution < -0.4 is 51.1 Å². The van der Waals surface area contributed by atoms with Gasteiger partial charge in [0.15, 0.2) is 6.10 Å². The van der Waals surface area contributed by atoms with E-state index in [0.29, 0.717) is 60.9 Å². The molecular formula is C48H64FN6NaO15. The predicted molar refractivity (Wildman–Crippen MR) is 251 cm³/mol. The number of fused-ring (bicyclic) bond motifs is 5. The molecule has 4 aliphatic heterocycles. The van der Waals surface area contributed by atoms with Crippen molar-refractivity contribution in [2.24, 2.45) is 5.92 Å². The number of cyclic esters (lactones) is 1. The second kappa shape index (κ2) is 29.3. The van der Waals surface area contributed by atoms with E-state index in [1.54, 1.807) is 13.0 Å². The summed E-state index contributed by atoms with van der Waals surface area (Å²) in [5.74, 6) is -2.79. The summed E-state index contributed by atoms with van der Waals surface area (Å²) >= 11 is 0. The molecule has 0 radical (unpaired) electrons. The molecule has 0 spiro atoms. The van der Waals surface area contributed by atoms with Gasteiger partial charge >= 0.3 is 35.5 Å². The number of imide groups is 1. The molecule has 0 bridgehead atoms. The Hall–Kier alpha value is -5.30. The molecule has 384 valence electrons. The number of carbonyl (C=O) groups excluding carboxylic acids is 7. The molecule has 2 aromatic heterocycles. The summed E-state index contributed by atoms with van der Waals surface area (Å²) in [5, 5.41) is 53.2. The van der Waals surface area contributed by atoms with E-state index >= 15 is 0 Å². The van der Waals surface area contributed by atoms with Gasteiger partial charge in [-0.15, -0.1) is 0 Å².